The molecule has 9 nitrogen and oxygen atoms in total. The number of imidazole rings is 1. The molecule has 0 aromatic carbocycles. The Morgan fingerprint density at radius 3 is 2.90 bits per heavy atom. The Morgan fingerprint density at radius 2 is 2.07 bits per heavy atom. The molecule has 1 fully saturated rings. The van der Waals surface area contributed by atoms with Gasteiger partial charge in [-0.15, -0.1) is 0 Å². The molecule has 4 aromatic heterocycles. The summed E-state index contributed by atoms with van der Waals surface area (Å²) in [5.74, 6) is 1.46. The molecule has 1 aliphatic heterocycles. The number of rotatable bonds is 3. The highest BCUT2D eigenvalue weighted by Crippen LogP contribution is 2.28. The van der Waals surface area contributed by atoms with Gasteiger partial charge in [-0.25, -0.2) is 15.0 Å². The van der Waals surface area contributed by atoms with Gasteiger partial charge in [-0.05, 0) is 19.9 Å². The second-order valence-corrected chi connectivity index (χ2v) is 7.92. The van der Waals surface area contributed by atoms with Crippen molar-refractivity contribution in [1.29, 1.82) is 0 Å². The van der Waals surface area contributed by atoms with E-state index < -0.39 is 0 Å². The van der Waals surface area contributed by atoms with Gasteiger partial charge in [0.25, 0.3) is 0 Å². The molecule has 2 N–H and O–H groups in total. The van der Waals surface area contributed by atoms with Crippen molar-refractivity contribution < 1.29 is 0 Å². The van der Waals surface area contributed by atoms with Crippen LogP contribution in [0.25, 0.3) is 17.2 Å². The number of nitrogens with one attached hydrogen (secondary N) is 2. The zero-order chi connectivity index (χ0) is 20.0. The third-order valence-electron chi connectivity index (χ3n) is 5.09. The van der Waals surface area contributed by atoms with Gasteiger partial charge in [0.1, 0.15) is 19.4 Å². The van der Waals surface area contributed by atoms with Gasteiger partial charge >= 0.3 is 0 Å². The van der Waals surface area contributed by atoms with E-state index in [0.717, 1.165) is 30.2 Å². The minimum atomic E-state index is -0.0886. The van der Waals surface area contributed by atoms with Crippen LogP contribution in [-0.4, -0.2) is 61.0 Å². The van der Waals surface area contributed by atoms with Crippen LogP contribution in [0.4, 0.5) is 5.82 Å². The van der Waals surface area contributed by atoms with E-state index in [1.54, 1.807) is 24.8 Å². The van der Waals surface area contributed by atoms with Gasteiger partial charge in [0.2, 0.25) is 0 Å². The van der Waals surface area contributed by atoms with Crippen molar-refractivity contribution in [3.63, 3.8) is 0 Å². The summed E-state index contributed by atoms with van der Waals surface area (Å²) in [6.45, 7) is 5.98. The van der Waals surface area contributed by atoms with Gasteiger partial charge < -0.3 is 10.2 Å². The molecule has 1 aliphatic rings. The molecule has 1 atom stereocenters. The van der Waals surface area contributed by atoms with Crippen molar-refractivity contribution >= 4 is 24.9 Å². The van der Waals surface area contributed by atoms with Gasteiger partial charge in [0.15, 0.2) is 11.5 Å². The lowest BCUT2D eigenvalue weighted by Crippen LogP contribution is -2.58. The average Bonchev–Trinajstić information content (AvgIpc) is 3.37. The number of hydrogen-bond donors (Lipinski definition) is 2. The van der Waals surface area contributed by atoms with Crippen molar-refractivity contribution in [2.45, 2.75) is 25.4 Å². The molecule has 0 amide bonds. The number of aromatic nitrogens is 7. The normalized spacial score (nSPS) is 19.0. The summed E-state index contributed by atoms with van der Waals surface area (Å²) in [6, 6.07) is 2.09. The van der Waals surface area contributed by atoms with Crippen molar-refractivity contribution in [3.8, 4) is 11.5 Å². The van der Waals surface area contributed by atoms with Crippen molar-refractivity contribution in [2.75, 3.05) is 18.0 Å². The molecule has 1 unspecified atom stereocenters. The summed E-state index contributed by atoms with van der Waals surface area (Å²) in [7, 11) is 5.84. The van der Waals surface area contributed by atoms with Crippen molar-refractivity contribution in [2.24, 2.45) is 0 Å². The fraction of sp³-hybridized carbons (Fsp3) is 0.316. The first-order chi connectivity index (χ1) is 14.0. The number of piperazine rings is 1. The molecule has 5 heterocycles. The summed E-state index contributed by atoms with van der Waals surface area (Å²) in [6.07, 6.45) is 10.7. The first kappa shape index (κ1) is 17.8. The van der Waals surface area contributed by atoms with E-state index in [-0.39, 0.29) is 11.6 Å². The Labute approximate surface area is 169 Å². The third kappa shape index (κ3) is 3.35. The fourth-order valence-corrected chi connectivity index (χ4v) is 3.86. The van der Waals surface area contributed by atoms with Crippen LogP contribution >= 0.6 is 0 Å². The Morgan fingerprint density at radius 1 is 1.17 bits per heavy atom. The largest absolute Gasteiger partial charge is 0.353 e. The summed E-state index contributed by atoms with van der Waals surface area (Å²) < 4.78 is 1.86. The van der Waals surface area contributed by atoms with Crippen LogP contribution in [0.15, 0.2) is 43.2 Å². The maximum atomic E-state index is 5.84. The van der Waals surface area contributed by atoms with Gasteiger partial charge in [-0.1, -0.05) is 0 Å². The molecule has 5 rings (SSSR count). The van der Waals surface area contributed by atoms with Crippen LogP contribution in [-0.2, 0) is 0 Å². The Bertz CT molecular complexity index is 1150. The number of H-pyrrole nitrogens is 1. The highest BCUT2D eigenvalue weighted by atomic mass is 15.3. The molecule has 0 bridgehead atoms. The monoisotopic (exact) mass is 385 g/mol. The number of nitrogens with zero attached hydrogens (tertiary/aromatic N) is 7. The molecule has 0 spiro atoms. The summed E-state index contributed by atoms with van der Waals surface area (Å²) in [5, 5.41) is 10.7. The van der Waals surface area contributed by atoms with Crippen LogP contribution in [0.3, 0.4) is 0 Å². The van der Waals surface area contributed by atoms with Gasteiger partial charge in [0.05, 0.1) is 24.6 Å². The van der Waals surface area contributed by atoms with E-state index in [2.05, 4.69) is 49.2 Å². The van der Waals surface area contributed by atoms with Gasteiger partial charge in [-0.3, -0.25) is 14.5 Å². The first-order valence-corrected chi connectivity index (χ1v) is 9.42. The van der Waals surface area contributed by atoms with Crippen molar-refractivity contribution in [1.82, 2.24) is 39.9 Å². The molecule has 0 aliphatic carbocycles. The molecular formula is C19H20BN9. The quantitative estimate of drug-likeness (QED) is 0.499. The second kappa shape index (κ2) is 6.66. The SMILES string of the molecule is [B]c1cn2c(-c3nccc(N4CC(c5cn[nH]c5)NC(C)(C)C4)n3)cnc2cn1. The lowest BCUT2D eigenvalue weighted by Gasteiger charge is -2.44. The molecule has 4 aromatic rings. The Kier molecular flexibility index (Phi) is 4.09. The number of fused-ring (bicyclic) bond motifs is 1. The maximum Gasteiger partial charge on any atom is 0.180 e. The molecule has 10 heteroatoms. The number of hydrogen-bond acceptors (Lipinski definition) is 7. The summed E-state index contributed by atoms with van der Waals surface area (Å²) in [4.78, 5) is 20.1. The molecule has 144 valence electrons. The van der Waals surface area contributed by atoms with Crippen LogP contribution in [0.1, 0.15) is 25.5 Å². The van der Waals surface area contributed by atoms with Crippen molar-refractivity contribution in [3.05, 3.63) is 48.8 Å². The van der Waals surface area contributed by atoms with Crippen LogP contribution < -0.4 is 15.8 Å². The van der Waals surface area contributed by atoms with Crippen LogP contribution in [0.2, 0.25) is 0 Å². The van der Waals surface area contributed by atoms with Gasteiger partial charge in [-0.2, -0.15) is 5.10 Å². The zero-order valence-corrected chi connectivity index (χ0v) is 16.2. The fourth-order valence-electron chi connectivity index (χ4n) is 3.86. The Hall–Kier alpha value is -3.27. The number of aromatic amines is 1. The molecule has 2 radical (unpaired) electrons. The topological polar surface area (TPSA) is 99.9 Å². The van der Waals surface area contributed by atoms with E-state index in [1.165, 1.54) is 0 Å². The van der Waals surface area contributed by atoms with E-state index in [4.69, 9.17) is 12.8 Å². The first-order valence-electron chi connectivity index (χ1n) is 9.42. The minimum Gasteiger partial charge on any atom is -0.353 e. The predicted molar refractivity (Wildman–Crippen MR) is 110 cm³/mol. The van der Waals surface area contributed by atoms with Crippen LogP contribution in [0, 0.1) is 0 Å². The molecule has 29 heavy (non-hydrogen) atoms. The van der Waals surface area contributed by atoms with E-state index in [0.29, 0.717) is 17.1 Å². The second-order valence-electron chi connectivity index (χ2n) is 7.92. The smallest absolute Gasteiger partial charge is 0.180 e. The summed E-state index contributed by atoms with van der Waals surface area (Å²) >= 11 is 0. The standard InChI is InChI=1S/C19H20BN9/c1-19(2)11-28(9-13(27-19)12-5-24-25-6-12)16-3-4-21-18(26-16)14-7-23-17-8-22-15(20)10-29(14)17/h3-8,10,13,27H,9,11H2,1-2H3,(H,24,25). The third-order valence-corrected chi connectivity index (χ3v) is 5.09. The predicted octanol–water partition coefficient (Wildman–Crippen LogP) is 0.633. The summed E-state index contributed by atoms with van der Waals surface area (Å²) in [5.41, 5.74) is 2.93. The van der Waals surface area contributed by atoms with E-state index in [1.807, 2.05) is 22.9 Å². The highest BCUT2D eigenvalue weighted by Gasteiger charge is 2.33. The molecule has 0 saturated carbocycles. The Balaban J connectivity index is 1.51. The molecular weight excluding hydrogens is 365 g/mol. The minimum absolute atomic E-state index is 0.0886. The number of anilines is 1. The zero-order valence-electron chi connectivity index (χ0n) is 16.2. The average molecular weight is 385 g/mol. The van der Waals surface area contributed by atoms with Crippen LogP contribution in [0.5, 0.6) is 0 Å². The lowest BCUT2D eigenvalue weighted by atomic mass is 9.96. The molecule has 1 saturated heterocycles. The highest BCUT2D eigenvalue weighted by molar-refractivity contribution is 6.30. The van der Waals surface area contributed by atoms with Gasteiger partial charge in [0, 0.05) is 48.4 Å². The van der Waals surface area contributed by atoms with E-state index in [9.17, 15) is 0 Å². The maximum absolute atomic E-state index is 5.84. The van der Waals surface area contributed by atoms with E-state index >= 15 is 0 Å². The lowest BCUT2D eigenvalue weighted by molar-refractivity contribution is 0.291.